The second kappa shape index (κ2) is 9.96. The van der Waals surface area contributed by atoms with Crippen LogP contribution in [0.5, 0.6) is 0 Å². The molecule has 164 valence electrons. The van der Waals surface area contributed by atoms with Gasteiger partial charge in [-0.2, -0.15) is 0 Å². The molecule has 31 heavy (non-hydrogen) atoms. The largest absolute Gasteiger partial charge is 0.450 e. The van der Waals surface area contributed by atoms with E-state index in [0.717, 1.165) is 61.0 Å². The van der Waals surface area contributed by atoms with E-state index in [1.165, 1.54) is 6.42 Å². The molecular formula is C25H30N2O4. The molecule has 2 aromatic rings. The van der Waals surface area contributed by atoms with Crippen LogP contribution >= 0.6 is 0 Å². The molecule has 1 saturated carbocycles. The average Bonchev–Trinajstić information content (AvgIpc) is 2.95. The monoisotopic (exact) mass is 422 g/mol. The zero-order chi connectivity index (χ0) is 21.6. The topological polar surface area (TPSA) is 67.9 Å². The number of hydrogen-bond acceptors (Lipinski definition) is 4. The highest BCUT2D eigenvalue weighted by Gasteiger charge is 2.27. The number of amides is 2. The van der Waals surface area contributed by atoms with Gasteiger partial charge in [0.2, 0.25) is 0 Å². The number of fused-ring (bicyclic) bond motifs is 2. The fraction of sp³-hybridized carbons (Fsp3) is 0.440. The molecule has 0 saturated heterocycles. The Bertz CT molecular complexity index is 937. The molecule has 2 aromatic carbocycles. The van der Waals surface area contributed by atoms with Gasteiger partial charge in [0.05, 0.1) is 24.1 Å². The summed E-state index contributed by atoms with van der Waals surface area (Å²) in [6.45, 7) is 2.11. The van der Waals surface area contributed by atoms with E-state index >= 15 is 0 Å². The number of nitrogens with zero attached hydrogens (tertiary/aromatic N) is 1. The third-order valence-electron chi connectivity index (χ3n) is 5.99. The molecule has 1 N–H and O–H groups in total. The Morgan fingerprint density at radius 2 is 1.74 bits per heavy atom. The van der Waals surface area contributed by atoms with Gasteiger partial charge in [-0.15, -0.1) is 0 Å². The third-order valence-corrected chi connectivity index (χ3v) is 5.99. The Kier molecular flexibility index (Phi) is 6.87. The van der Waals surface area contributed by atoms with Crippen LogP contribution in [0, 0.1) is 0 Å². The number of carbonyl (C=O) groups is 2. The number of anilines is 3. The molecule has 2 amide bonds. The van der Waals surface area contributed by atoms with E-state index < -0.39 is 6.09 Å². The molecule has 0 aromatic heterocycles. The molecule has 0 bridgehead atoms. The van der Waals surface area contributed by atoms with Crippen LogP contribution in [0.3, 0.4) is 0 Å². The van der Waals surface area contributed by atoms with Crippen molar-refractivity contribution in [3.63, 3.8) is 0 Å². The summed E-state index contributed by atoms with van der Waals surface area (Å²) in [4.78, 5) is 27.1. The molecule has 1 fully saturated rings. The summed E-state index contributed by atoms with van der Waals surface area (Å²) >= 11 is 0. The van der Waals surface area contributed by atoms with Crippen molar-refractivity contribution in [1.29, 1.82) is 0 Å². The second-order valence-corrected chi connectivity index (χ2v) is 8.12. The molecule has 1 heterocycles. The molecule has 1 aliphatic heterocycles. The maximum Gasteiger partial charge on any atom is 0.411 e. The van der Waals surface area contributed by atoms with Crippen LogP contribution in [-0.2, 0) is 27.1 Å². The SMILES string of the molecule is CCOC(=O)Nc1ccc2c(c1)N(C(=O)COC1CCCCC1)c1ccccc1CC2. The summed E-state index contributed by atoms with van der Waals surface area (Å²) in [5.41, 5.74) is 4.46. The van der Waals surface area contributed by atoms with Crippen molar-refractivity contribution < 1.29 is 19.1 Å². The standard InChI is InChI=1S/C25H30N2O4/c1-2-30-25(29)26-20-15-14-19-13-12-18-8-6-7-11-22(18)27(23(19)16-20)24(28)17-31-21-9-4-3-5-10-21/h6-8,11,14-16,21H,2-5,9-10,12-13,17H2,1H3,(H,26,29). The molecule has 0 spiro atoms. The minimum absolute atomic E-state index is 0.0496. The predicted octanol–water partition coefficient (Wildman–Crippen LogP) is 5.37. The first kappa shape index (κ1) is 21.4. The van der Waals surface area contributed by atoms with Crippen molar-refractivity contribution in [1.82, 2.24) is 0 Å². The van der Waals surface area contributed by atoms with Crippen LogP contribution in [0.1, 0.15) is 50.2 Å². The Labute approximate surface area is 183 Å². The molecule has 6 heteroatoms. The van der Waals surface area contributed by atoms with E-state index in [0.29, 0.717) is 12.3 Å². The first-order chi connectivity index (χ1) is 15.2. The predicted molar refractivity (Wildman–Crippen MR) is 121 cm³/mol. The Hall–Kier alpha value is -2.86. The van der Waals surface area contributed by atoms with Crippen LogP contribution in [0.15, 0.2) is 42.5 Å². The van der Waals surface area contributed by atoms with Gasteiger partial charge in [0.1, 0.15) is 6.61 Å². The van der Waals surface area contributed by atoms with Crippen LogP contribution in [0.25, 0.3) is 0 Å². The second-order valence-electron chi connectivity index (χ2n) is 8.12. The van der Waals surface area contributed by atoms with Crippen LogP contribution in [0.2, 0.25) is 0 Å². The van der Waals surface area contributed by atoms with E-state index in [4.69, 9.17) is 9.47 Å². The fourth-order valence-electron chi connectivity index (χ4n) is 4.44. The number of ether oxygens (including phenoxy) is 2. The van der Waals surface area contributed by atoms with E-state index in [-0.39, 0.29) is 18.6 Å². The minimum Gasteiger partial charge on any atom is -0.450 e. The average molecular weight is 423 g/mol. The van der Waals surface area contributed by atoms with Gasteiger partial charge in [0.25, 0.3) is 5.91 Å². The van der Waals surface area contributed by atoms with Gasteiger partial charge >= 0.3 is 6.09 Å². The first-order valence-corrected chi connectivity index (χ1v) is 11.2. The first-order valence-electron chi connectivity index (χ1n) is 11.2. The summed E-state index contributed by atoms with van der Waals surface area (Å²) in [6.07, 6.45) is 6.94. The smallest absolute Gasteiger partial charge is 0.411 e. The van der Waals surface area contributed by atoms with Gasteiger partial charge in [0.15, 0.2) is 0 Å². The number of hydrogen-bond donors (Lipinski definition) is 1. The van der Waals surface area contributed by atoms with Crippen molar-refractivity contribution in [3.8, 4) is 0 Å². The summed E-state index contributed by atoms with van der Waals surface area (Å²) < 4.78 is 11.0. The molecule has 0 atom stereocenters. The molecule has 6 nitrogen and oxygen atoms in total. The van der Waals surface area contributed by atoms with Crippen LogP contribution in [0.4, 0.5) is 21.9 Å². The summed E-state index contributed by atoms with van der Waals surface area (Å²) in [6, 6.07) is 13.7. The Morgan fingerprint density at radius 1 is 1.00 bits per heavy atom. The van der Waals surface area contributed by atoms with Crippen molar-refractivity contribution in [2.75, 3.05) is 23.4 Å². The van der Waals surface area contributed by atoms with Gasteiger partial charge < -0.3 is 9.47 Å². The third kappa shape index (κ3) is 5.07. The Morgan fingerprint density at radius 3 is 2.52 bits per heavy atom. The number of aryl methyl sites for hydroxylation is 2. The lowest BCUT2D eigenvalue weighted by atomic mass is 9.98. The summed E-state index contributed by atoms with van der Waals surface area (Å²) in [7, 11) is 0. The number of rotatable bonds is 5. The number of carbonyl (C=O) groups excluding carboxylic acids is 2. The quantitative estimate of drug-likeness (QED) is 0.704. The van der Waals surface area contributed by atoms with Crippen molar-refractivity contribution in [2.45, 2.75) is 58.0 Å². The van der Waals surface area contributed by atoms with Gasteiger partial charge in [-0.1, -0.05) is 43.5 Å². The lowest BCUT2D eigenvalue weighted by Crippen LogP contribution is -2.32. The van der Waals surface area contributed by atoms with Gasteiger partial charge in [-0.3, -0.25) is 15.0 Å². The van der Waals surface area contributed by atoms with Gasteiger partial charge in [-0.05, 0) is 61.9 Å². The van der Waals surface area contributed by atoms with Crippen molar-refractivity contribution in [2.24, 2.45) is 0 Å². The highest BCUT2D eigenvalue weighted by molar-refractivity contribution is 6.03. The lowest BCUT2D eigenvalue weighted by Gasteiger charge is -2.27. The van der Waals surface area contributed by atoms with Crippen LogP contribution < -0.4 is 10.2 Å². The van der Waals surface area contributed by atoms with E-state index in [1.807, 2.05) is 36.4 Å². The Balaban J connectivity index is 1.63. The molecule has 2 aliphatic rings. The molecule has 0 radical (unpaired) electrons. The van der Waals surface area contributed by atoms with Crippen molar-refractivity contribution in [3.05, 3.63) is 53.6 Å². The lowest BCUT2D eigenvalue weighted by molar-refractivity contribution is -0.125. The maximum atomic E-state index is 13.4. The maximum absolute atomic E-state index is 13.4. The summed E-state index contributed by atoms with van der Waals surface area (Å²) in [5.74, 6) is -0.0885. The molecule has 4 rings (SSSR count). The minimum atomic E-state index is -0.505. The molecule has 1 aliphatic carbocycles. The van der Waals surface area contributed by atoms with Gasteiger partial charge in [-0.25, -0.2) is 4.79 Å². The number of nitrogens with one attached hydrogen (secondary N) is 1. The van der Waals surface area contributed by atoms with Gasteiger partial charge in [0, 0.05) is 5.69 Å². The van der Waals surface area contributed by atoms with E-state index in [1.54, 1.807) is 11.8 Å². The molecular weight excluding hydrogens is 392 g/mol. The number of benzene rings is 2. The number of para-hydroxylation sites is 1. The fourth-order valence-corrected chi connectivity index (χ4v) is 4.44. The highest BCUT2D eigenvalue weighted by atomic mass is 16.5. The van der Waals surface area contributed by atoms with E-state index in [2.05, 4.69) is 11.4 Å². The van der Waals surface area contributed by atoms with E-state index in [9.17, 15) is 9.59 Å². The van der Waals surface area contributed by atoms with Crippen molar-refractivity contribution >= 4 is 29.1 Å². The zero-order valence-electron chi connectivity index (χ0n) is 18.1. The normalized spacial score (nSPS) is 16.1. The molecule has 0 unspecified atom stereocenters. The highest BCUT2D eigenvalue weighted by Crippen LogP contribution is 2.38. The zero-order valence-corrected chi connectivity index (χ0v) is 18.1. The summed E-state index contributed by atoms with van der Waals surface area (Å²) in [5, 5.41) is 2.75. The van der Waals surface area contributed by atoms with Crippen LogP contribution in [-0.4, -0.2) is 31.3 Å².